The zero-order valence-corrected chi connectivity index (χ0v) is 30.4. The molecule has 0 aromatic carbocycles. The third-order valence-electron chi connectivity index (χ3n) is 16.9. The van der Waals surface area contributed by atoms with E-state index < -0.39 is 0 Å². The lowest BCUT2D eigenvalue weighted by Gasteiger charge is -2.40. The van der Waals surface area contributed by atoms with Gasteiger partial charge in [-0.3, -0.25) is 0 Å². The molecule has 9 aliphatic carbocycles. The molecule has 0 radical (unpaired) electrons. The van der Waals surface area contributed by atoms with Gasteiger partial charge in [-0.2, -0.15) is 0 Å². The van der Waals surface area contributed by atoms with Gasteiger partial charge >= 0.3 is 0 Å². The lowest BCUT2D eigenvalue weighted by molar-refractivity contribution is 0.118. The molecule has 7 fully saturated rings. The molecule has 0 aliphatic heterocycles. The van der Waals surface area contributed by atoms with E-state index in [1.807, 2.05) is 0 Å². The van der Waals surface area contributed by atoms with Crippen LogP contribution in [0.15, 0.2) is 97.2 Å². The van der Waals surface area contributed by atoms with Gasteiger partial charge in [-0.15, -0.1) is 0 Å². The highest BCUT2D eigenvalue weighted by Gasteiger charge is 2.64. The normalized spacial score (nSPS) is 54.3. The SMILES string of the molecule is C/C=C/CC1C(/C=C/C)C2CC1C1C(/C=C/C3CC(/C=C/C)C4CC=CC34)CC(/C=C/C3CC(/C=C/C)C4C5CC(C6CC=CC65)C34)C21. The first-order valence-electron chi connectivity index (χ1n) is 20.8. The predicted octanol–water partition coefficient (Wildman–Crippen LogP) is 12.1. The van der Waals surface area contributed by atoms with Gasteiger partial charge in [0.1, 0.15) is 0 Å². The first kappa shape index (κ1) is 31.9. The van der Waals surface area contributed by atoms with E-state index in [4.69, 9.17) is 0 Å². The Hall–Kier alpha value is -2.08. The van der Waals surface area contributed by atoms with Crippen LogP contribution in [0, 0.1) is 118 Å². The van der Waals surface area contributed by atoms with E-state index in [1.54, 1.807) is 0 Å². The van der Waals surface area contributed by atoms with Crippen LogP contribution in [-0.4, -0.2) is 0 Å². The van der Waals surface area contributed by atoms with Crippen LogP contribution < -0.4 is 0 Å². The Kier molecular flexibility index (Phi) is 8.57. The van der Waals surface area contributed by atoms with Gasteiger partial charge in [-0.25, -0.2) is 0 Å². The first-order chi connectivity index (χ1) is 23.6. The fourth-order valence-electron chi connectivity index (χ4n) is 15.7. The van der Waals surface area contributed by atoms with Gasteiger partial charge in [0.15, 0.2) is 0 Å². The van der Waals surface area contributed by atoms with Gasteiger partial charge in [-0.05, 0) is 197 Å². The molecular weight excluding hydrogens is 577 g/mol. The smallest absolute Gasteiger partial charge is 0.0133 e. The van der Waals surface area contributed by atoms with E-state index in [0.29, 0.717) is 0 Å². The van der Waals surface area contributed by atoms with E-state index in [9.17, 15) is 0 Å². The van der Waals surface area contributed by atoms with E-state index in [0.717, 1.165) is 118 Å². The minimum absolute atomic E-state index is 0.738. The van der Waals surface area contributed by atoms with Gasteiger partial charge in [0.2, 0.25) is 0 Å². The van der Waals surface area contributed by atoms with Crippen LogP contribution >= 0.6 is 0 Å². The molecule has 4 bridgehead atoms. The lowest BCUT2D eigenvalue weighted by Crippen LogP contribution is -2.35. The van der Waals surface area contributed by atoms with Gasteiger partial charge in [-0.1, -0.05) is 97.2 Å². The van der Waals surface area contributed by atoms with Crippen LogP contribution in [0.3, 0.4) is 0 Å². The maximum atomic E-state index is 2.88. The Morgan fingerprint density at radius 1 is 0.438 bits per heavy atom. The highest BCUT2D eigenvalue weighted by molar-refractivity contribution is 5.25. The second-order valence-electron chi connectivity index (χ2n) is 18.3. The molecule has 7 saturated carbocycles. The minimum atomic E-state index is 0.738. The molecule has 0 nitrogen and oxygen atoms in total. The number of hydrogen-bond acceptors (Lipinski definition) is 0. The maximum absolute atomic E-state index is 2.88. The monoisotopic (exact) mass is 641 g/mol. The van der Waals surface area contributed by atoms with Crippen molar-refractivity contribution in [2.24, 2.45) is 118 Å². The Bertz CT molecular complexity index is 1430. The Morgan fingerprint density at radius 2 is 0.979 bits per heavy atom. The molecule has 48 heavy (non-hydrogen) atoms. The molecule has 9 aliphatic rings. The summed E-state index contributed by atoms with van der Waals surface area (Å²) in [6, 6.07) is 0. The summed E-state index contributed by atoms with van der Waals surface area (Å²) in [6.07, 6.45) is 52.5. The van der Waals surface area contributed by atoms with E-state index in [2.05, 4.69) is 125 Å². The average molecular weight is 641 g/mol. The third kappa shape index (κ3) is 4.87. The van der Waals surface area contributed by atoms with Gasteiger partial charge in [0.25, 0.3) is 0 Å². The van der Waals surface area contributed by atoms with E-state index in [-0.39, 0.29) is 0 Å². The van der Waals surface area contributed by atoms with E-state index >= 15 is 0 Å². The van der Waals surface area contributed by atoms with Crippen molar-refractivity contribution < 1.29 is 0 Å². The fraction of sp³-hybridized carbons (Fsp3) is 0.667. The molecule has 0 N–H and O–H groups in total. The summed E-state index contributed by atoms with van der Waals surface area (Å²) in [7, 11) is 0. The zero-order valence-electron chi connectivity index (χ0n) is 30.4. The summed E-state index contributed by atoms with van der Waals surface area (Å²) >= 11 is 0. The molecule has 0 heteroatoms. The van der Waals surface area contributed by atoms with Crippen LogP contribution in [0.25, 0.3) is 0 Å². The maximum Gasteiger partial charge on any atom is -0.0133 e. The molecule has 256 valence electrons. The highest BCUT2D eigenvalue weighted by atomic mass is 14.7. The first-order valence-corrected chi connectivity index (χ1v) is 20.8. The van der Waals surface area contributed by atoms with Crippen LogP contribution in [0.1, 0.15) is 79.1 Å². The molecule has 0 spiro atoms. The summed E-state index contributed by atoms with van der Waals surface area (Å²) < 4.78 is 0. The van der Waals surface area contributed by atoms with Crippen molar-refractivity contribution in [1.29, 1.82) is 0 Å². The second kappa shape index (κ2) is 12.9. The van der Waals surface area contributed by atoms with Crippen molar-refractivity contribution >= 4 is 0 Å². The van der Waals surface area contributed by atoms with Crippen molar-refractivity contribution in [2.75, 3.05) is 0 Å². The molecule has 0 amide bonds. The number of fused-ring (bicyclic) bond motifs is 14. The molecule has 20 unspecified atom stereocenters. The number of hydrogen-bond donors (Lipinski definition) is 0. The Labute approximate surface area is 293 Å². The van der Waals surface area contributed by atoms with Crippen LogP contribution in [0.2, 0.25) is 0 Å². The molecule has 0 aromatic rings. The summed E-state index contributed by atoms with van der Waals surface area (Å²) in [5, 5.41) is 0. The summed E-state index contributed by atoms with van der Waals surface area (Å²) in [6.45, 7) is 8.99. The molecule has 20 atom stereocenters. The molecule has 0 saturated heterocycles. The lowest BCUT2D eigenvalue weighted by atomic mass is 9.65. The average Bonchev–Trinajstić information content (AvgIpc) is 3.91. The molecule has 0 heterocycles. The van der Waals surface area contributed by atoms with Crippen molar-refractivity contribution in [3.63, 3.8) is 0 Å². The molecule has 9 rings (SSSR count). The van der Waals surface area contributed by atoms with Gasteiger partial charge in [0.05, 0.1) is 0 Å². The van der Waals surface area contributed by atoms with Crippen molar-refractivity contribution in [2.45, 2.75) is 79.1 Å². The third-order valence-corrected chi connectivity index (χ3v) is 16.9. The predicted molar refractivity (Wildman–Crippen MR) is 203 cm³/mol. The second-order valence-corrected chi connectivity index (χ2v) is 18.3. The molecular formula is C48H64. The minimum Gasteiger partial charge on any atom is -0.0917 e. The van der Waals surface area contributed by atoms with Crippen molar-refractivity contribution in [3.8, 4) is 0 Å². The van der Waals surface area contributed by atoms with Crippen molar-refractivity contribution in [3.05, 3.63) is 97.2 Å². The van der Waals surface area contributed by atoms with Crippen molar-refractivity contribution in [1.82, 2.24) is 0 Å². The van der Waals surface area contributed by atoms with Crippen LogP contribution in [0.5, 0.6) is 0 Å². The molecule has 0 aromatic heterocycles. The Balaban J connectivity index is 0.998. The van der Waals surface area contributed by atoms with E-state index in [1.165, 1.54) is 51.4 Å². The standard InChI is InChI=1S/C48H64/c1-5-9-15-38-37(14-8-4)41-27-42(38)48-32(21-20-30-24-29(12-6-2)35-16-10-17-36(30)35)26-34(46(41)48)23-22-33-25-31(13-7-3)45-43-28-44(47(33)45)40-19-11-18-39(40)43/h5-14,17-18,20-23,29-48H,15-16,19,24-28H2,1-4H3/b9-5+,12-6+,13-7+,14-8+,21-20+,23-22+. The topological polar surface area (TPSA) is 0 Å². The van der Waals surface area contributed by atoms with Crippen LogP contribution in [0.4, 0.5) is 0 Å². The fourth-order valence-corrected chi connectivity index (χ4v) is 15.7. The summed E-state index contributed by atoms with van der Waals surface area (Å²) in [5.74, 6) is 17.2. The summed E-state index contributed by atoms with van der Waals surface area (Å²) in [4.78, 5) is 0. The quantitative estimate of drug-likeness (QED) is 0.220. The highest BCUT2D eigenvalue weighted by Crippen LogP contribution is 2.70. The number of allylic oxidation sites excluding steroid dienone is 16. The largest absolute Gasteiger partial charge is 0.0917 e. The number of rotatable bonds is 9. The Morgan fingerprint density at radius 3 is 1.69 bits per heavy atom. The summed E-state index contributed by atoms with van der Waals surface area (Å²) in [5.41, 5.74) is 0. The van der Waals surface area contributed by atoms with Gasteiger partial charge < -0.3 is 0 Å². The zero-order chi connectivity index (χ0) is 32.5. The van der Waals surface area contributed by atoms with Crippen LogP contribution in [-0.2, 0) is 0 Å². The van der Waals surface area contributed by atoms with Gasteiger partial charge in [0, 0.05) is 0 Å².